The van der Waals surface area contributed by atoms with Crippen LogP contribution < -0.4 is 0 Å². The first-order valence-electron chi connectivity index (χ1n) is 4.11. The topological polar surface area (TPSA) is 35.7 Å². The second kappa shape index (κ2) is 8.00. The second-order valence-electron chi connectivity index (χ2n) is 3.05. The summed E-state index contributed by atoms with van der Waals surface area (Å²) in [5.74, 6) is 1.28. The molecule has 5 heteroatoms. The Morgan fingerprint density at radius 1 is 1.33 bits per heavy atom. The van der Waals surface area contributed by atoms with Crippen molar-refractivity contribution in [2.45, 2.75) is 20.8 Å². The number of aliphatic imine (C=N–C) groups is 1. The maximum absolute atomic E-state index is 5.12. The van der Waals surface area contributed by atoms with Gasteiger partial charge in [0.05, 0.1) is 13.0 Å². The maximum atomic E-state index is 5.12. The summed E-state index contributed by atoms with van der Waals surface area (Å²) in [5.41, 5.74) is 2.76. The maximum Gasteiger partial charge on any atom is 0.0959 e. The Labute approximate surface area is 142 Å². The van der Waals surface area contributed by atoms with Crippen LogP contribution in [-0.4, -0.2) is 12.8 Å². The number of allylic oxidation sites excluding steroid dienone is 2. The predicted molar refractivity (Wildman–Crippen MR) is 54.2 cm³/mol. The van der Waals surface area contributed by atoms with Gasteiger partial charge in [0, 0.05) is 65.4 Å². The SMILES string of the molecule is [CH2-]/C(C)=C1/N=C(C)C(C)=C(OC)[N-]1.[Y].[Y]. The van der Waals surface area contributed by atoms with Crippen LogP contribution in [0.2, 0.25) is 0 Å². The van der Waals surface area contributed by atoms with Gasteiger partial charge in [0.25, 0.3) is 0 Å². The molecule has 0 aromatic heterocycles. The van der Waals surface area contributed by atoms with E-state index in [0.717, 1.165) is 16.9 Å². The van der Waals surface area contributed by atoms with Crippen molar-refractivity contribution in [1.29, 1.82) is 0 Å². The molecule has 3 nitrogen and oxygen atoms in total. The molecule has 0 fully saturated rings. The third-order valence-corrected chi connectivity index (χ3v) is 1.92. The fraction of sp³-hybridized carbons (Fsp3) is 0.400. The summed E-state index contributed by atoms with van der Waals surface area (Å²) in [5, 5.41) is 4.22. The molecule has 0 saturated carbocycles. The van der Waals surface area contributed by atoms with Crippen molar-refractivity contribution >= 4 is 5.71 Å². The summed E-state index contributed by atoms with van der Waals surface area (Å²) in [4.78, 5) is 4.29. The Kier molecular flexibility index (Phi) is 9.70. The van der Waals surface area contributed by atoms with Crippen molar-refractivity contribution in [3.05, 3.63) is 35.1 Å². The van der Waals surface area contributed by atoms with Crippen LogP contribution in [0, 0.1) is 6.92 Å². The first-order valence-corrected chi connectivity index (χ1v) is 4.11. The van der Waals surface area contributed by atoms with E-state index in [0.29, 0.717) is 11.7 Å². The Morgan fingerprint density at radius 2 is 1.87 bits per heavy atom. The quantitative estimate of drug-likeness (QED) is 0.666. The van der Waals surface area contributed by atoms with Crippen LogP contribution in [0.1, 0.15) is 20.8 Å². The molecule has 0 N–H and O–H groups in total. The second-order valence-corrected chi connectivity index (χ2v) is 3.05. The van der Waals surface area contributed by atoms with Crippen molar-refractivity contribution in [3.63, 3.8) is 0 Å². The van der Waals surface area contributed by atoms with Gasteiger partial charge in [0.2, 0.25) is 0 Å². The van der Waals surface area contributed by atoms with Gasteiger partial charge in [-0.25, -0.2) is 18.3 Å². The molecule has 0 spiro atoms. The van der Waals surface area contributed by atoms with Gasteiger partial charge in [-0.15, -0.1) is 0 Å². The van der Waals surface area contributed by atoms with Gasteiger partial charge in [0.15, 0.2) is 0 Å². The minimum atomic E-state index is 0. The van der Waals surface area contributed by atoms with Crippen LogP contribution >= 0.6 is 0 Å². The van der Waals surface area contributed by atoms with Crippen molar-refractivity contribution in [2.75, 3.05) is 7.11 Å². The van der Waals surface area contributed by atoms with Crippen molar-refractivity contribution in [3.8, 4) is 0 Å². The summed E-state index contributed by atoms with van der Waals surface area (Å²) in [6.45, 7) is 9.55. The summed E-state index contributed by atoms with van der Waals surface area (Å²) < 4.78 is 5.12. The number of ether oxygens (including phenoxy) is 1. The van der Waals surface area contributed by atoms with E-state index in [4.69, 9.17) is 4.74 Å². The molecule has 0 aliphatic carbocycles. The van der Waals surface area contributed by atoms with E-state index in [9.17, 15) is 0 Å². The molecule has 0 bridgehead atoms. The smallest absolute Gasteiger partial charge is 0.0959 e. The first-order chi connectivity index (χ1) is 6.06. The monoisotopic (exact) mass is 356 g/mol. The van der Waals surface area contributed by atoms with Crippen molar-refractivity contribution < 1.29 is 70.2 Å². The number of methoxy groups -OCH3 is 1. The van der Waals surface area contributed by atoms with Crippen LogP contribution in [0.3, 0.4) is 0 Å². The molecule has 1 aliphatic heterocycles. The summed E-state index contributed by atoms with van der Waals surface area (Å²) >= 11 is 0. The molecule has 0 saturated heterocycles. The molecule has 0 amide bonds. The first kappa shape index (κ1) is 18.2. The summed E-state index contributed by atoms with van der Waals surface area (Å²) in [7, 11) is 1.61. The Hall–Kier alpha value is 0.828. The van der Waals surface area contributed by atoms with Crippen LogP contribution in [0.4, 0.5) is 0 Å². The van der Waals surface area contributed by atoms with Crippen LogP contribution in [0.15, 0.2) is 27.8 Å². The molecule has 0 unspecified atom stereocenters. The molecule has 0 aromatic rings. The molecule has 1 rings (SSSR count). The normalized spacial score (nSPS) is 18.0. The Morgan fingerprint density at radius 3 is 2.27 bits per heavy atom. The van der Waals surface area contributed by atoms with Crippen LogP contribution in [0.25, 0.3) is 5.32 Å². The fourth-order valence-electron chi connectivity index (χ4n) is 0.992. The molecular formula is C10H14N2OY2-2. The average Bonchev–Trinajstić information content (AvgIpc) is 2.09. The van der Waals surface area contributed by atoms with Crippen LogP contribution in [-0.2, 0) is 70.2 Å². The van der Waals surface area contributed by atoms with Crippen LogP contribution in [0.5, 0.6) is 0 Å². The Balaban J connectivity index is 0. The minimum absolute atomic E-state index is 0. The fourth-order valence-corrected chi connectivity index (χ4v) is 0.992. The standard InChI is InChI=1S/C10H14N2O.2Y/c1-6(2)9-11-8(4)7(3)10(12-9)13-5;;/h1H2,2-5H3;;/q-2;;/b9-6+;;. The minimum Gasteiger partial charge on any atom is -0.535 e. The summed E-state index contributed by atoms with van der Waals surface area (Å²) in [6.07, 6.45) is 0. The molecule has 1 aliphatic rings. The van der Waals surface area contributed by atoms with Gasteiger partial charge >= 0.3 is 0 Å². The Bertz CT molecular complexity index is 315. The van der Waals surface area contributed by atoms with E-state index < -0.39 is 0 Å². The van der Waals surface area contributed by atoms with Gasteiger partial charge in [-0.3, -0.25) is 0 Å². The van der Waals surface area contributed by atoms with Crippen molar-refractivity contribution in [2.24, 2.45) is 4.99 Å². The van der Waals surface area contributed by atoms with Gasteiger partial charge in [-0.2, -0.15) is 0 Å². The van der Waals surface area contributed by atoms with E-state index in [2.05, 4.69) is 17.2 Å². The van der Waals surface area contributed by atoms with Gasteiger partial charge in [0.1, 0.15) is 0 Å². The number of rotatable bonds is 1. The zero-order valence-electron chi connectivity index (χ0n) is 9.66. The number of nitrogens with zero attached hydrogens (tertiary/aromatic N) is 2. The molecule has 0 aromatic carbocycles. The van der Waals surface area contributed by atoms with E-state index in [1.54, 1.807) is 7.11 Å². The third kappa shape index (κ3) is 4.68. The van der Waals surface area contributed by atoms with E-state index >= 15 is 0 Å². The van der Waals surface area contributed by atoms with Crippen molar-refractivity contribution in [1.82, 2.24) is 0 Å². The molecular weight excluding hydrogens is 342 g/mol. The molecule has 0 atom stereocenters. The van der Waals surface area contributed by atoms with Gasteiger partial charge in [-0.05, 0) is 19.4 Å². The largest absolute Gasteiger partial charge is 0.535 e. The molecule has 78 valence electrons. The average molecular weight is 356 g/mol. The van der Waals surface area contributed by atoms with E-state index in [-0.39, 0.29) is 65.4 Å². The number of hydrogen-bond acceptors (Lipinski definition) is 2. The van der Waals surface area contributed by atoms with E-state index in [1.165, 1.54) is 0 Å². The molecule has 15 heavy (non-hydrogen) atoms. The number of hydrogen-bond donors (Lipinski definition) is 0. The molecule has 2 radical (unpaired) electrons. The zero-order chi connectivity index (χ0) is 10.0. The zero-order valence-corrected chi connectivity index (χ0v) is 15.3. The van der Waals surface area contributed by atoms with E-state index in [1.807, 2.05) is 20.8 Å². The predicted octanol–water partition coefficient (Wildman–Crippen LogP) is 2.77. The van der Waals surface area contributed by atoms with Gasteiger partial charge < -0.3 is 15.0 Å². The molecule has 1 heterocycles. The van der Waals surface area contributed by atoms with Gasteiger partial charge in [-0.1, -0.05) is 12.6 Å². The third-order valence-electron chi connectivity index (χ3n) is 1.92. The summed E-state index contributed by atoms with van der Waals surface area (Å²) in [6, 6.07) is 0.